The van der Waals surface area contributed by atoms with Crippen LogP contribution in [-0.2, 0) is 6.54 Å². The summed E-state index contributed by atoms with van der Waals surface area (Å²) >= 11 is 1.41. The molecule has 0 radical (unpaired) electrons. The normalized spacial score (nSPS) is 13.7. The molecule has 1 amide bonds. The molecule has 1 saturated heterocycles. The van der Waals surface area contributed by atoms with E-state index in [-0.39, 0.29) is 18.3 Å². The van der Waals surface area contributed by atoms with Crippen molar-refractivity contribution >= 4 is 23.1 Å². The molecule has 4 rings (SSSR count). The second-order valence-electron chi connectivity index (χ2n) is 6.45. The molecular weight excluding hydrogens is 363 g/mol. The van der Waals surface area contributed by atoms with Gasteiger partial charge < -0.3 is 10.2 Å². The molecule has 7 heteroatoms. The van der Waals surface area contributed by atoms with Crippen LogP contribution in [0.1, 0.15) is 28.9 Å². The van der Waals surface area contributed by atoms with Crippen molar-refractivity contribution in [2.45, 2.75) is 19.4 Å². The number of hydrogen-bond donors (Lipinski definition) is 1. The number of halogens is 1. The first-order chi connectivity index (χ1) is 13.2. The van der Waals surface area contributed by atoms with Crippen LogP contribution in [0.25, 0.3) is 10.6 Å². The fourth-order valence-electron chi connectivity index (χ4n) is 3.08. The van der Waals surface area contributed by atoms with Crippen LogP contribution in [0.3, 0.4) is 0 Å². The Morgan fingerprint density at radius 2 is 2.07 bits per heavy atom. The van der Waals surface area contributed by atoms with Crippen LogP contribution < -0.4 is 10.2 Å². The lowest BCUT2D eigenvalue weighted by Gasteiger charge is -2.15. The molecule has 27 heavy (non-hydrogen) atoms. The number of carbonyl (C=O) groups is 1. The lowest BCUT2D eigenvalue weighted by molar-refractivity contribution is 0.0946. The van der Waals surface area contributed by atoms with Crippen LogP contribution in [0, 0.1) is 5.82 Å². The van der Waals surface area contributed by atoms with Gasteiger partial charge in [-0.1, -0.05) is 12.1 Å². The zero-order valence-corrected chi connectivity index (χ0v) is 15.5. The highest BCUT2D eigenvalue weighted by molar-refractivity contribution is 7.13. The highest BCUT2D eigenvalue weighted by atomic mass is 32.1. The van der Waals surface area contributed by atoms with Gasteiger partial charge in [-0.2, -0.15) is 0 Å². The summed E-state index contributed by atoms with van der Waals surface area (Å²) in [7, 11) is 0. The third-order valence-corrected chi connectivity index (χ3v) is 5.40. The van der Waals surface area contributed by atoms with E-state index in [1.165, 1.54) is 36.3 Å². The molecule has 0 spiro atoms. The maximum atomic E-state index is 13.2. The molecule has 0 bridgehead atoms. The fourth-order valence-corrected chi connectivity index (χ4v) is 3.87. The topological polar surface area (TPSA) is 58.1 Å². The average molecular weight is 382 g/mol. The number of nitrogens with one attached hydrogen (secondary N) is 1. The first-order valence-corrected chi connectivity index (χ1v) is 9.76. The first kappa shape index (κ1) is 17.6. The van der Waals surface area contributed by atoms with Gasteiger partial charge in [0.25, 0.3) is 5.91 Å². The Balaban J connectivity index is 1.40. The molecule has 1 aliphatic rings. The Bertz CT molecular complexity index is 935. The molecule has 0 aliphatic carbocycles. The van der Waals surface area contributed by atoms with E-state index < -0.39 is 0 Å². The SMILES string of the molecule is O=C(NCc1cccc(F)c1)c1csc(-c2ccc(N3CCCC3)nc2)n1. The summed E-state index contributed by atoms with van der Waals surface area (Å²) in [6.45, 7) is 2.37. The highest BCUT2D eigenvalue weighted by Gasteiger charge is 2.15. The van der Waals surface area contributed by atoms with Gasteiger partial charge in [0.05, 0.1) is 0 Å². The van der Waals surface area contributed by atoms with Gasteiger partial charge in [-0.3, -0.25) is 4.79 Å². The minimum atomic E-state index is -0.317. The van der Waals surface area contributed by atoms with E-state index in [4.69, 9.17) is 0 Å². The lowest BCUT2D eigenvalue weighted by Crippen LogP contribution is -2.23. The van der Waals surface area contributed by atoms with E-state index in [0.29, 0.717) is 11.3 Å². The van der Waals surface area contributed by atoms with E-state index in [0.717, 1.165) is 29.5 Å². The van der Waals surface area contributed by atoms with Gasteiger partial charge in [-0.25, -0.2) is 14.4 Å². The predicted molar refractivity (Wildman–Crippen MR) is 104 cm³/mol. The number of thiazole rings is 1. The summed E-state index contributed by atoms with van der Waals surface area (Å²) in [5.74, 6) is 0.395. The van der Waals surface area contributed by atoms with E-state index >= 15 is 0 Å². The maximum absolute atomic E-state index is 13.2. The minimum absolute atomic E-state index is 0.259. The van der Waals surface area contributed by atoms with Crippen molar-refractivity contribution in [1.29, 1.82) is 0 Å². The summed E-state index contributed by atoms with van der Waals surface area (Å²) in [4.78, 5) is 23.5. The van der Waals surface area contributed by atoms with Crippen molar-refractivity contribution in [3.63, 3.8) is 0 Å². The quantitative estimate of drug-likeness (QED) is 0.728. The Hall–Kier alpha value is -2.80. The average Bonchev–Trinajstić information content (AvgIpc) is 3.38. The van der Waals surface area contributed by atoms with Crippen LogP contribution in [0.2, 0.25) is 0 Å². The number of anilines is 1. The second-order valence-corrected chi connectivity index (χ2v) is 7.31. The third kappa shape index (κ3) is 4.14. The molecule has 0 saturated carbocycles. The molecule has 2 aromatic heterocycles. The van der Waals surface area contributed by atoms with E-state index in [9.17, 15) is 9.18 Å². The Kier molecular flexibility index (Phi) is 5.11. The molecule has 3 heterocycles. The second kappa shape index (κ2) is 7.84. The number of pyridine rings is 1. The molecule has 3 aromatic rings. The van der Waals surface area contributed by atoms with Crippen LogP contribution in [0.15, 0.2) is 48.0 Å². The molecular formula is C20H19FN4OS. The van der Waals surface area contributed by atoms with Crippen molar-refractivity contribution in [2.75, 3.05) is 18.0 Å². The van der Waals surface area contributed by atoms with Crippen LogP contribution in [0.4, 0.5) is 10.2 Å². The van der Waals surface area contributed by atoms with Gasteiger partial charge in [0.2, 0.25) is 0 Å². The fraction of sp³-hybridized carbons (Fsp3) is 0.250. The van der Waals surface area contributed by atoms with Crippen LogP contribution >= 0.6 is 11.3 Å². The van der Waals surface area contributed by atoms with Crippen LogP contribution in [-0.4, -0.2) is 29.0 Å². The van der Waals surface area contributed by atoms with E-state index in [1.54, 1.807) is 23.7 Å². The molecule has 1 N–H and O–H groups in total. The molecule has 5 nitrogen and oxygen atoms in total. The standard InChI is InChI=1S/C20H19FN4OS/c21-16-5-3-4-14(10-16)11-23-19(26)17-13-27-20(24-17)15-6-7-18(22-12-15)25-8-1-2-9-25/h3-7,10,12-13H,1-2,8-9,11H2,(H,23,26). The number of aromatic nitrogens is 2. The number of amides is 1. The zero-order valence-electron chi connectivity index (χ0n) is 14.7. The Morgan fingerprint density at radius 3 is 2.81 bits per heavy atom. The molecule has 0 unspecified atom stereocenters. The Labute approximate surface area is 160 Å². The number of benzene rings is 1. The van der Waals surface area contributed by atoms with Gasteiger partial charge in [-0.05, 0) is 42.7 Å². The van der Waals surface area contributed by atoms with E-state index in [1.807, 2.05) is 12.1 Å². The van der Waals surface area contributed by atoms with Gasteiger partial charge in [-0.15, -0.1) is 11.3 Å². The summed E-state index contributed by atoms with van der Waals surface area (Å²) in [5, 5.41) is 5.25. The molecule has 0 atom stereocenters. The van der Waals surface area contributed by atoms with Gasteiger partial charge in [0.15, 0.2) is 0 Å². The number of rotatable bonds is 5. The first-order valence-electron chi connectivity index (χ1n) is 8.88. The monoisotopic (exact) mass is 382 g/mol. The van der Waals surface area contributed by atoms with Gasteiger partial charge in [0, 0.05) is 36.8 Å². The molecule has 138 valence electrons. The van der Waals surface area contributed by atoms with Crippen molar-refractivity contribution in [3.05, 3.63) is 65.0 Å². The summed E-state index contributed by atoms with van der Waals surface area (Å²) in [6, 6.07) is 10.2. The number of nitrogens with zero attached hydrogens (tertiary/aromatic N) is 3. The molecule has 1 aromatic carbocycles. The summed E-state index contributed by atoms with van der Waals surface area (Å²) < 4.78 is 13.2. The zero-order chi connectivity index (χ0) is 18.6. The predicted octanol–water partition coefficient (Wildman–Crippen LogP) is 3.87. The number of carbonyl (C=O) groups excluding carboxylic acids is 1. The van der Waals surface area contributed by atoms with E-state index in [2.05, 4.69) is 20.2 Å². The molecule has 1 aliphatic heterocycles. The summed E-state index contributed by atoms with van der Waals surface area (Å²) in [5.41, 5.74) is 1.96. The maximum Gasteiger partial charge on any atom is 0.271 e. The van der Waals surface area contributed by atoms with Crippen molar-refractivity contribution in [1.82, 2.24) is 15.3 Å². The minimum Gasteiger partial charge on any atom is -0.357 e. The van der Waals surface area contributed by atoms with Gasteiger partial charge >= 0.3 is 0 Å². The number of hydrogen-bond acceptors (Lipinski definition) is 5. The third-order valence-electron chi connectivity index (χ3n) is 4.50. The highest BCUT2D eigenvalue weighted by Crippen LogP contribution is 2.25. The van der Waals surface area contributed by atoms with Gasteiger partial charge in [0.1, 0.15) is 22.3 Å². The van der Waals surface area contributed by atoms with Crippen molar-refractivity contribution in [3.8, 4) is 10.6 Å². The lowest BCUT2D eigenvalue weighted by atomic mass is 10.2. The smallest absolute Gasteiger partial charge is 0.271 e. The van der Waals surface area contributed by atoms with Crippen LogP contribution in [0.5, 0.6) is 0 Å². The largest absolute Gasteiger partial charge is 0.357 e. The summed E-state index contributed by atoms with van der Waals surface area (Å²) in [6.07, 6.45) is 4.23. The van der Waals surface area contributed by atoms with Crippen molar-refractivity contribution in [2.24, 2.45) is 0 Å². The molecule has 1 fully saturated rings. The Morgan fingerprint density at radius 1 is 1.22 bits per heavy atom. The van der Waals surface area contributed by atoms with Crippen molar-refractivity contribution < 1.29 is 9.18 Å².